The van der Waals surface area contributed by atoms with Crippen LogP contribution in [-0.2, 0) is 21.3 Å². The molecule has 116 valence electrons. The summed E-state index contributed by atoms with van der Waals surface area (Å²) >= 11 is 9.74. The quantitative estimate of drug-likeness (QED) is 0.609. The molecule has 0 bridgehead atoms. The van der Waals surface area contributed by atoms with Crippen molar-refractivity contribution < 1.29 is 9.53 Å². The van der Waals surface area contributed by atoms with Crippen LogP contribution in [0.5, 0.6) is 0 Å². The molecule has 0 saturated carbocycles. The van der Waals surface area contributed by atoms with Crippen LogP contribution in [0.25, 0.3) is 0 Å². The molecule has 1 N–H and O–H groups in total. The SMILES string of the molecule is CC(C)(C)OC(=O)C1CCc2c(ccc(Cl)c2CBr)NC1. The monoisotopic (exact) mass is 373 g/mol. The van der Waals surface area contributed by atoms with E-state index >= 15 is 0 Å². The van der Waals surface area contributed by atoms with Crippen molar-refractivity contribution in [1.29, 1.82) is 0 Å². The van der Waals surface area contributed by atoms with Crippen LogP contribution >= 0.6 is 27.5 Å². The summed E-state index contributed by atoms with van der Waals surface area (Å²) in [6.45, 7) is 6.29. The van der Waals surface area contributed by atoms with Gasteiger partial charge in [-0.15, -0.1) is 0 Å². The van der Waals surface area contributed by atoms with E-state index in [4.69, 9.17) is 16.3 Å². The van der Waals surface area contributed by atoms with Crippen LogP contribution in [0, 0.1) is 5.92 Å². The van der Waals surface area contributed by atoms with Gasteiger partial charge in [0.25, 0.3) is 0 Å². The van der Waals surface area contributed by atoms with Crippen molar-refractivity contribution in [3.8, 4) is 0 Å². The summed E-state index contributed by atoms with van der Waals surface area (Å²) in [5, 5.41) is 4.85. The summed E-state index contributed by atoms with van der Waals surface area (Å²) in [6.07, 6.45) is 1.60. The summed E-state index contributed by atoms with van der Waals surface area (Å²) < 4.78 is 5.50. The zero-order chi connectivity index (χ0) is 15.6. The summed E-state index contributed by atoms with van der Waals surface area (Å²) in [7, 11) is 0. The van der Waals surface area contributed by atoms with Gasteiger partial charge in [-0.1, -0.05) is 27.5 Å². The number of carbonyl (C=O) groups excluding carboxylic acids is 1. The molecule has 2 rings (SSSR count). The molecule has 1 aromatic carbocycles. The molecule has 3 nitrogen and oxygen atoms in total. The Kier molecular flexibility index (Phi) is 5.20. The van der Waals surface area contributed by atoms with Gasteiger partial charge in [-0.3, -0.25) is 4.79 Å². The highest BCUT2D eigenvalue weighted by atomic mass is 79.9. The van der Waals surface area contributed by atoms with Crippen LogP contribution in [0.1, 0.15) is 38.3 Å². The molecular formula is C16H21BrClNO2. The van der Waals surface area contributed by atoms with Crippen LogP contribution in [0.15, 0.2) is 12.1 Å². The molecule has 1 aliphatic heterocycles. The van der Waals surface area contributed by atoms with E-state index < -0.39 is 5.60 Å². The fraction of sp³-hybridized carbons (Fsp3) is 0.562. The Bertz CT molecular complexity index is 540. The number of anilines is 1. The predicted octanol–water partition coefficient (Wildman–Crippen LogP) is 4.55. The predicted molar refractivity (Wildman–Crippen MR) is 90.2 cm³/mol. The zero-order valence-electron chi connectivity index (χ0n) is 12.6. The molecule has 1 atom stereocenters. The van der Waals surface area contributed by atoms with Gasteiger partial charge >= 0.3 is 5.97 Å². The molecule has 1 heterocycles. The Morgan fingerprint density at radius 1 is 1.48 bits per heavy atom. The Labute approximate surface area is 139 Å². The number of hydrogen-bond acceptors (Lipinski definition) is 3. The van der Waals surface area contributed by atoms with Crippen molar-refractivity contribution in [1.82, 2.24) is 0 Å². The average Bonchev–Trinajstić information content (AvgIpc) is 2.59. The summed E-state index contributed by atoms with van der Waals surface area (Å²) in [6, 6.07) is 3.89. The lowest BCUT2D eigenvalue weighted by molar-refractivity contribution is -0.159. The van der Waals surface area contributed by atoms with Gasteiger partial charge in [0.05, 0.1) is 5.92 Å². The van der Waals surface area contributed by atoms with Crippen LogP contribution in [0.3, 0.4) is 0 Å². The molecule has 0 saturated heterocycles. The minimum Gasteiger partial charge on any atom is -0.460 e. The standard InChI is InChI=1S/C16H21BrClNO2/c1-16(2,3)21-15(20)10-4-5-11-12(8-17)13(18)6-7-14(11)19-9-10/h6-7,10,19H,4-5,8-9H2,1-3H3. The van der Waals surface area contributed by atoms with Gasteiger partial charge in [0.15, 0.2) is 0 Å². The molecule has 0 radical (unpaired) electrons. The minimum atomic E-state index is -0.444. The topological polar surface area (TPSA) is 38.3 Å². The van der Waals surface area contributed by atoms with Crippen LogP contribution < -0.4 is 5.32 Å². The number of ether oxygens (including phenoxy) is 1. The molecule has 0 aromatic heterocycles. The number of esters is 1. The molecule has 1 unspecified atom stereocenters. The molecule has 1 aliphatic rings. The van der Waals surface area contributed by atoms with E-state index in [9.17, 15) is 4.79 Å². The van der Waals surface area contributed by atoms with Gasteiger partial charge in [-0.05, 0) is 56.9 Å². The second kappa shape index (κ2) is 6.57. The molecule has 21 heavy (non-hydrogen) atoms. The maximum absolute atomic E-state index is 12.2. The van der Waals surface area contributed by atoms with E-state index in [2.05, 4.69) is 21.2 Å². The second-order valence-electron chi connectivity index (χ2n) is 6.34. The Hall–Kier alpha value is -0.740. The van der Waals surface area contributed by atoms with E-state index in [1.54, 1.807) is 0 Å². The molecule has 5 heteroatoms. The highest BCUT2D eigenvalue weighted by Crippen LogP contribution is 2.33. The van der Waals surface area contributed by atoms with Gasteiger partial charge in [-0.2, -0.15) is 0 Å². The van der Waals surface area contributed by atoms with Gasteiger partial charge in [0.2, 0.25) is 0 Å². The number of benzene rings is 1. The van der Waals surface area contributed by atoms with E-state index in [0.717, 1.165) is 29.1 Å². The second-order valence-corrected chi connectivity index (χ2v) is 7.30. The minimum absolute atomic E-state index is 0.126. The number of alkyl halides is 1. The van der Waals surface area contributed by atoms with Gasteiger partial charge in [-0.25, -0.2) is 0 Å². The number of rotatable bonds is 2. The van der Waals surface area contributed by atoms with E-state index in [-0.39, 0.29) is 11.9 Å². The van der Waals surface area contributed by atoms with Crippen molar-refractivity contribution in [2.24, 2.45) is 5.92 Å². The van der Waals surface area contributed by atoms with Crippen molar-refractivity contribution >= 4 is 39.2 Å². The molecule has 0 fully saturated rings. The van der Waals surface area contributed by atoms with Gasteiger partial charge < -0.3 is 10.1 Å². The number of halogens is 2. The Morgan fingerprint density at radius 2 is 2.19 bits per heavy atom. The zero-order valence-corrected chi connectivity index (χ0v) is 15.0. The molecule has 1 aromatic rings. The largest absolute Gasteiger partial charge is 0.460 e. The van der Waals surface area contributed by atoms with Crippen LogP contribution in [-0.4, -0.2) is 18.1 Å². The third kappa shape index (κ3) is 4.13. The molecule has 0 amide bonds. The lowest BCUT2D eigenvalue weighted by atomic mass is 9.98. The first-order chi connectivity index (χ1) is 9.81. The maximum Gasteiger partial charge on any atom is 0.311 e. The lowest BCUT2D eigenvalue weighted by Crippen LogP contribution is -2.31. The number of nitrogens with one attached hydrogen (secondary N) is 1. The van der Waals surface area contributed by atoms with Crippen LogP contribution in [0.2, 0.25) is 5.02 Å². The number of fused-ring (bicyclic) bond motifs is 1. The highest BCUT2D eigenvalue weighted by molar-refractivity contribution is 9.08. The first kappa shape index (κ1) is 16.6. The maximum atomic E-state index is 12.2. The summed E-state index contributed by atoms with van der Waals surface area (Å²) in [5.74, 6) is -0.257. The fourth-order valence-electron chi connectivity index (χ4n) is 2.50. The summed E-state index contributed by atoms with van der Waals surface area (Å²) in [4.78, 5) is 12.2. The van der Waals surface area contributed by atoms with Crippen LogP contribution in [0.4, 0.5) is 5.69 Å². The smallest absolute Gasteiger partial charge is 0.311 e. The number of hydrogen-bond donors (Lipinski definition) is 1. The van der Waals surface area contributed by atoms with Crippen molar-refractivity contribution in [2.75, 3.05) is 11.9 Å². The van der Waals surface area contributed by atoms with Crippen molar-refractivity contribution in [3.63, 3.8) is 0 Å². The third-order valence-corrected chi connectivity index (χ3v) is 4.44. The molecule has 0 spiro atoms. The Morgan fingerprint density at radius 3 is 2.81 bits per heavy atom. The third-order valence-electron chi connectivity index (χ3n) is 3.53. The molecule has 0 aliphatic carbocycles. The first-order valence-electron chi connectivity index (χ1n) is 7.15. The van der Waals surface area contributed by atoms with Gasteiger partial charge in [0, 0.05) is 22.6 Å². The number of carbonyl (C=O) groups is 1. The lowest BCUT2D eigenvalue weighted by Gasteiger charge is -2.23. The highest BCUT2D eigenvalue weighted by Gasteiger charge is 2.28. The summed E-state index contributed by atoms with van der Waals surface area (Å²) in [5.41, 5.74) is 2.93. The van der Waals surface area contributed by atoms with Crippen molar-refractivity contribution in [3.05, 3.63) is 28.3 Å². The van der Waals surface area contributed by atoms with Crippen molar-refractivity contribution in [2.45, 2.75) is 44.5 Å². The first-order valence-corrected chi connectivity index (χ1v) is 8.64. The fourth-order valence-corrected chi connectivity index (χ4v) is 3.55. The van der Waals surface area contributed by atoms with E-state index in [0.29, 0.717) is 11.9 Å². The molecular weight excluding hydrogens is 354 g/mol. The van der Waals surface area contributed by atoms with E-state index in [1.165, 1.54) is 5.56 Å². The average molecular weight is 375 g/mol. The normalized spacial score (nSPS) is 18.4. The Balaban J connectivity index is 2.16. The van der Waals surface area contributed by atoms with Gasteiger partial charge in [0.1, 0.15) is 5.60 Å². The van der Waals surface area contributed by atoms with E-state index in [1.807, 2.05) is 32.9 Å².